The van der Waals surface area contributed by atoms with Crippen LogP contribution < -0.4 is 10.1 Å². The monoisotopic (exact) mass is 400 g/mol. The average molecular weight is 401 g/mol. The number of aromatic nitrogens is 1. The fraction of sp³-hybridized carbons (Fsp3) is 0.238. The van der Waals surface area contributed by atoms with Gasteiger partial charge in [0.2, 0.25) is 5.91 Å². The van der Waals surface area contributed by atoms with Crippen molar-refractivity contribution in [3.05, 3.63) is 69.7 Å². The number of carbonyl (C=O) groups excluding carboxylic acids is 1. The number of carbonyl (C=O) groups is 1. The molecule has 0 bridgehead atoms. The molecule has 0 aliphatic carbocycles. The first-order valence-electron chi connectivity index (χ1n) is 8.67. The highest BCUT2D eigenvalue weighted by Crippen LogP contribution is 2.29. The van der Waals surface area contributed by atoms with Crippen molar-refractivity contribution in [1.82, 2.24) is 10.3 Å². The smallest absolute Gasteiger partial charge is 0.224 e. The third kappa shape index (κ3) is 5.31. The minimum absolute atomic E-state index is 0.0141. The van der Waals surface area contributed by atoms with Crippen molar-refractivity contribution in [3.8, 4) is 16.3 Å². The lowest BCUT2D eigenvalue weighted by Crippen LogP contribution is -2.27. The molecule has 0 atom stereocenters. The second kappa shape index (κ2) is 9.02. The van der Waals surface area contributed by atoms with Gasteiger partial charge >= 0.3 is 0 Å². The number of halogens is 1. The first-order chi connectivity index (χ1) is 13.0. The maximum Gasteiger partial charge on any atom is 0.224 e. The van der Waals surface area contributed by atoms with Gasteiger partial charge in [-0.2, -0.15) is 0 Å². The predicted molar refractivity (Wildman–Crippen MR) is 111 cm³/mol. The number of aryl methyl sites for hydroxylation is 1. The molecular formula is C21H21ClN2O2S. The van der Waals surface area contributed by atoms with Gasteiger partial charge in [0.25, 0.3) is 0 Å². The summed E-state index contributed by atoms with van der Waals surface area (Å²) < 4.78 is 5.13. The maximum atomic E-state index is 12.1. The number of rotatable bonds is 7. The highest BCUT2D eigenvalue weighted by atomic mass is 35.5. The number of nitrogens with one attached hydrogen (secondary N) is 1. The zero-order valence-corrected chi connectivity index (χ0v) is 16.9. The van der Waals surface area contributed by atoms with E-state index in [0.717, 1.165) is 34.0 Å². The fourth-order valence-electron chi connectivity index (χ4n) is 2.68. The molecule has 3 aromatic rings. The Morgan fingerprint density at radius 2 is 1.85 bits per heavy atom. The Bertz CT molecular complexity index is 905. The molecule has 0 spiro atoms. The minimum Gasteiger partial charge on any atom is -0.497 e. The third-order valence-corrected chi connectivity index (χ3v) is 5.70. The van der Waals surface area contributed by atoms with Crippen LogP contribution in [0.4, 0.5) is 0 Å². The highest BCUT2D eigenvalue weighted by Gasteiger charge is 2.10. The van der Waals surface area contributed by atoms with Crippen LogP contribution in [0.25, 0.3) is 10.6 Å². The van der Waals surface area contributed by atoms with E-state index in [-0.39, 0.29) is 5.91 Å². The van der Waals surface area contributed by atoms with Gasteiger partial charge in [0.1, 0.15) is 10.8 Å². The summed E-state index contributed by atoms with van der Waals surface area (Å²) in [5.41, 5.74) is 3.03. The van der Waals surface area contributed by atoms with Crippen molar-refractivity contribution >= 4 is 28.8 Å². The van der Waals surface area contributed by atoms with Gasteiger partial charge in [0.05, 0.1) is 19.2 Å². The number of nitrogens with zero attached hydrogens (tertiary/aromatic N) is 1. The molecule has 6 heteroatoms. The molecule has 4 nitrogen and oxygen atoms in total. The summed E-state index contributed by atoms with van der Waals surface area (Å²) in [4.78, 5) is 18.0. The van der Waals surface area contributed by atoms with Crippen molar-refractivity contribution < 1.29 is 9.53 Å². The lowest BCUT2D eigenvalue weighted by molar-refractivity contribution is -0.120. The van der Waals surface area contributed by atoms with E-state index in [1.807, 2.05) is 55.5 Å². The van der Waals surface area contributed by atoms with Crippen LogP contribution in [-0.2, 0) is 17.6 Å². The summed E-state index contributed by atoms with van der Waals surface area (Å²) >= 11 is 7.60. The van der Waals surface area contributed by atoms with Gasteiger partial charge in [0.15, 0.2) is 0 Å². The van der Waals surface area contributed by atoms with Gasteiger partial charge in [-0.05, 0) is 36.8 Å². The molecule has 0 aliphatic heterocycles. The third-order valence-electron chi connectivity index (χ3n) is 4.18. The Labute approximate surface area is 168 Å². The molecule has 1 N–H and O–H groups in total. The predicted octanol–water partition coefficient (Wildman–Crippen LogP) is 4.68. The molecule has 140 valence electrons. The van der Waals surface area contributed by atoms with Crippen LogP contribution in [0.1, 0.15) is 16.1 Å². The number of hydrogen-bond donors (Lipinski definition) is 1. The van der Waals surface area contributed by atoms with E-state index in [1.165, 1.54) is 4.88 Å². The summed E-state index contributed by atoms with van der Waals surface area (Å²) in [6, 6.07) is 15.2. The first-order valence-corrected chi connectivity index (χ1v) is 9.86. The van der Waals surface area contributed by atoms with Gasteiger partial charge in [0, 0.05) is 28.4 Å². The van der Waals surface area contributed by atoms with E-state index in [2.05, 4.69) is 10.3 Å². The molecular weight excluding hydrogens is 380 g/mol. The highest BCUT2D eigenvalue weighted by molar-refractivity contribution is 7.15. The summed E-state index contributed by atoms with van der Waals surface area (Å²) in [7, 11) is 1.63. The Hall–Kier alpha value is -2.37. The largest absolute Gasteiger partial charge is 0.497 e. The molecule has 0 saturated heterocycles. The zero-order chi connectivity index (χ0) is 19.2. The molecule has 0 saturated carbocycles. The first kappa shape index (κ1) is 19.4. The Morgan fingerprint density at radius 3 is 2.52 bits per heavy atom. The molecule has 0 unspecified atom stereocenters. The van der Waals surface area contributed by atoms with Crippen LogP contribution in [0, 0.1) is 6.92 Å². The molecule has 0 fully saturated rings. The molecule has 0 aliphatic rings. The number of amides is 1. The van der Waals surface area contributed by atoms with Gasteiger partial charge in [-0.15, -0.1) is 11.3 Å². The van der Waals surface area contributed by atoms with E-state index < -0.39 is 0 Å². The maximum absolute atomic E-state index is 12.1. The van der Waals surface area contributed by atoms with E-state index in [4.69, 9.17) is 16.3 Å². The van der Waals surface area contributed by atoms with Crippen LogP contribution in [0.15, 0.2) is 48.5 Å². The van der Waals surface area contributed by atoms with Crippen LogP contribution >= 0.6 is 22.9 Å². The molecule has 0 radical (unpaired) electrons. The van der Waals surface area contributed by atoms with Crippen molar-refractivity contribution in [2.24, 2.45) is 0 Å². The molecule has 1 amide bonds. The molecule has 1 heterocycles. The Balaban J connectivity index is 1.52. The molecule has 27 heavy (non-hydrogen) atoms. The van der Waals surface area contributed by atoms with Crippen LogP contribution in [0.3, 0.4) is 0 Å². The van der Waals surface area contributed by atoms with E-state index in [1.54, 1.807) is 18.4 Å². The normalized spacial score (nSPS) is 10.6. The van der Waals surface area contributed by atoms with Crippen molar-refractivity contribution in [2.45, 2.75) is 19.8 Å². The lowest BCUT2D eigenvalue weighted by Gasteiger charge is -2.06. The summed E-state index contributed by atoms with van der Waals surface area (Å²) in [5, 5.41) is 4.67. The second-order valence-electron chi connectivity index (χ2n) is 6.16. The lowest BCUT2D eigenvalue weighted by atomic mass is 10.1. The van der Waals surface area contributed by atoms with Crippen molar-refractivity contribution in [3.63, 3.8) is 0 Å². The quantitative estimate of drug-likeness (QED) is 0.626. The van der Waals surface area contributed by atoms with Crippen LogP contribution in [0.2, 0.25) is 5.02 Å². The molecule has 1 aromatic heterocycles. The summed E-state index contributed by atoms with van der Waals surface area (Å²) in [6.45, 7) is 2.60. The Morgan fingerprint density at radius 1 is 1.15 bits per heavy atom. The number of ether oxygens (including phenoxy) is 1. The van der Waals surface area contributed by atoms with Crippen LogP contribution in [0.5, 0.6) is 5.75 Å². The second-order valence-corrected chi connectivity index (χ2v) is 7.68. The number of hydrogen-bond acceptors (Lipinski definition) is 4. The SMILES string of the molecule is COc1ccc(CC(=O)NCCc2sc(-c3ccc(Cl)cc3)nc2C)cc1. The van der Waals surface area contributed by atoms with Gasteiger partial charge < -0.3 is 10.1 Å². The van der Waals surface area contributed by atoms with Gasteiger partial charge in [-0.1, -0.05) is 35.9 Å². The number of benzene rings is 2. The van der Waals surface area contributed by atoms with Crippen LogP contribution in [-0.4, -0.2) is 24.5 Å². The number of thiazole rings is 1. The molecule has 3 rings (SSSR count). The van der Waals surface area contributed by atoms with Gasteiger partial charge in [-0.3, -0.25) is 4.79 Å². The van der Waals surface area contributed by atoms with E-state index in [0.29, 0.717) is 18.0 Å². The zero-order valence-electron chi connectivity index (χ0n) is 15.3. The molecule has 2 aromatic carbocycles. The van der Waals surface area contributed by atoms with Crippen molar-refractivity contribution in [1.29, 1.82) is 0 Å². The average Bonchev–Trinajstić information content (AvgIpc) is 3.03. The Kier molecular flexibility index (Phi) is 6.48. The van der Waals surface area contributed by atoms with E-state index >= 15 is 0 Å². The van der Waals surface area contributed by atoms with E-state index in [9.17, 15) is 4.79 Å². The summed E-state index contributed by atoms with van der Waals surface area (Å²) in [6.07, 6.45) is 1.13. The summed E-state index contributed by atoms with van der Waals surface area (Å²) in [5.74, 6) is 0.802. The van der Waals surface area contributed by atoms with Crippen molar-refractivity contribution in [2.75, 3.05) is 13.7 Å². The number of methoxy groups -OCH3 is 1. The topological polar surface area (TPSA) is 51.2 Å². The fourth-order valence-corrected chi connectivity index (χ4v) is 3.88. The minimum atomic E-state index is 0.0141. The van der Waals surface area contributed by atoms with Gasteiger partial charge in [-0.25, -0.2) is 4.98 Å². The standard InChI is InChI=1S/C21H21ClN2O2S/c1-14-19(27-21(24-14)16-5-7-17(22)8-6-16)11-12-23-20(25)13-15-3-9-18(26-2)10-4-15/h3-10H,11-13H2,1-2H3,(H,23,25).